The average Bonchev–Trinajstić information content (AvgIpc) is 2.91. The fraction of sp³-hybridized carbons (Fsp3) is 0.562. The van der Waals surface area contributed by atoms with E-state index in [1.807, 2.05) is 30.0 Å². The summed E-state index contributed by atoms with van der Waals surface area (Å²) in [4.78, 5) is 14.9. The van der Waals surface area contributed by atoms with Crippen molar-refractivity contribution in [2.45, 2.75) is 45.6 Å². The van der Waals surface area contributed by atoms with Crippen LogP contribution in [0.5, 0.6) is 0 Å². The lowest BCUT2D eigenvalue weighted by atomic mass is 9.92. The number of rotatable bonds is 4. The molecule has 1 amide bonds. The molecule has 0 saturated carbocycles. The van der Waals surface area contributed by atoms with Gasteiger partial charge in [-0.2, -0.15) is 0 Å². The summed E-state index contributed by atoms with van der Waals surface area (Å²) >= 11 is 0. The molecule has 3 heteroatoms. The number of hydrogen-bond acceptors (Lipinski definition) is 2. The third kappa shape index (κ3) is 2.52. The molecule has 1 aliphatic rings. The number of benzene rings is 1. The number of nitrogens with zero attached hydrogens (tertiary/aromatic N) is 1. The van der Waals surface area contributed by atoms with Crippen molar-refractivity contribution in [2.24, 2.45) is 0 Å². The molecule has 1 aliphatic heterocycles. The maximum atomic E-state index is 12.9. The third-order valence-electron chi connectivity index (χ3n) is 4.22. The van der Waals surface area contributed by atoms with Crippen LogP contribution >= 0.6 is 0 Å². The summed E-state index contributed by atoms with van der Waals surface area (Å²) in [6.07, 6.45) is 2.89. The van der Waals surface area contributed by atoms with Crippen molar-refractivity contribution in [3.63, 3.8) is 0 Å². The molecule has 19 heavy (non-hydrogen) atoms. The molecule has 1 unspecified atom stereocenters. The normalized spacial score (nSPS) is 22.5. The molecule has 1 fully saturated rings. The van der Waals surface area contributed by atoms with E-state index in [-0.39, 0.29) is 11.4 Å². The number of amides is 1. The van der Waals surface area contributed by atoms with Gasteiger partial charge in [-0.3, -0.25) is 4.79 Å². The Kier molecular flexibility index (Phi) is 4.25. The van der Waals surface area contributed by atoms with Gasteiger partial charge in [-0.1, -0.05) is 25.1 Å². The minimum absolute atomic E-state index is 0.226. The van der Waals surface area contributed by atoms with Crippen molar-refractivity contribution >= 4 is 11.6 Å². The number of carbonyl (C=O) groups is 1. The zero-order valence-corrected chi connectivity index (χ0v) is 12.2. The van der Waals surface area contributed by atoms with Crippen molar-refractivity contribution in [3.8, 4) is 0 Å². The first-order valence-electron chi connectivity index (χ1n) is 7.27. The third-order valence-corrected chi connectivity index (χ3v) is 4.22. The van der Waals surface area contributed by atoms with Crippen LogP contribution in [0.4, 0.5) is 5.69 Å². The van der Waals surface area contributed by atoms with E-state index in [4.69, 9.17) is 0 Å². The van der Waals surface area contributed by atoms with E-state index in [1.54, 1.807) is 0 Å². The predicted molar refractivity (Wildman–Crippen MR) is 79.5 cm³/mol. The van der Waals surface area contributed by atoms with E-state index in [0.717, 1.165) is 37.1 Å². The Hall–Kier alpha value is -1.35. The standard InChI is InChI=1S/C16H24N2O/c1-4-16(11-8-12-17-16)15(19)18(5-2)14-10-7-6-9-13(14)3/h6-7,9-10,17H,4-5,8,11-12H2,1-3H3. The molecule has 1 aromatic rings. The molecule has 1 saturated heterocycles. The van der Waals surface area contributed by atoms with Crippen LogP contribution in [0, 0.1) is 6.92 Å². The zero-order chi connectivity index (χ0) is 13.9. The minimum atomic E-state index is -0.349. The van der Waals surface area contributed by atoms with Gasteiger partial charge in [0.05, 0.1) is 5.54 Å². The van der Waals surface area contributed by atoms with Gasteiger partial charge in [0.2, 0.25) is 5.91 Å². The summed E-state index contributed by atoms with van der Waals surface area (Å²) in [5, 5.41) is 3.43. The van der Waals surface area contributed by atoms with E-state index in [1.165, 1.54) is 0 Å². The molecule has 3 nitrogen and oxygen atoms in total. The van der Waals surface area contributed by atoms with Crippen molar-refractivity contribution in [2.75, 3.05) is 18.0 Å². The molecule has 0 aromatic heterocycles. The minimum Gasteiger partial charge on any atom is -0.311 e. The maximum Gasteiger partial charge on any atom is 0.247 e. The second kappa shape index (κ2) is 5.74. The number of likely N-dealkylation sites (N-methyl/N-ethyl adjacent to an activating group) is 1. The molecular formula is C16H24N2O. The van der Waals surface area contributed by atoms with E-state index in [2.05, 4.69) is 25.2 Å². The number of carbonyl (C=O) groups excluding carboxylic acids is 1. The van der Waals surface area contributed by atoms with Crippen molar-refractivity contribution in [3.05, 3.63) is 29.8 Å². The van der Waals surface area contributed by atoms with Crippen LogP contribution in [-0.4, -0.2) is 24.5 Å². The summed E-state index contributed by atoms with van der Waals surface area (Å²) in [5.74, 6) is 0.226. The van der Waals surface area contributed by atoms with Gasteiger partial charge in [-0.15, -0.1) is 0 Å². The quantitative estimate of drug-likeness (QED) is 0.903. The highest BCUT2D eigenvalue weighted by Gasteiger charge is 2.41. The Labute approximate surface area is 116 Å². The Morgan fingerprint density at radius 3 is 2.63 bits per heavy atom. The summed E-state index contributed by atoms with van der Waals surface area (Å²) < 4.78 is 0. The van der Waals surface area contributed by atoms with Crippen LogP contribution in [0.15, 0.2) is 24.3 Å². The highest BCUT2D eigenvalue weighted by atomic mass is 16.2. The van der Waals surface area contributed by atoms with Crippen LogP contribution in [0.2, 0.25) is 0 Å². The molecule has 0 spiro atoms. The molecule has 1 N–H and O–H groups in total. The van der Waals surface area contributed by atoms with E-state index in [9.17, 15) is 4.79 Å². The number of hydrogen-bond donors (Lipinski definition) is 1. The van der Waals surface area contributed by atoms with Gasteiger partial charge < -0.3 is 10.2 Å². The van der Waals surface area contributed by atoms with Gasteiger partial charge in [0.15, 0.2) is 0 Å². The fourth-order valence-electron chi connectivity index (χ4n) is 2.99. The van der Waals surface area contributed by atoms with Crippen molar-refractivity contribution in [1.82, 2.24) is 5.32 Å². The fourth-order valence-corrected chi connectivity index (χ4v) is 2.99. The number of para-hydroxylation sites is 1. The van der Waals surface area contributed by atoms with Crippen LogP contribution in [0.3, 0.4) is 0 Å². The summed E-state index contributed by atoms with van der Waals surface area (Å²) in [6.45, 7) is 7.87. The molecular weight excluding hydrogens is 236 g/mol. The van der Waals surface area contributed by atoms with Crippen molar-refractivity contribution < 1.29 is 4.79 Å². The smallest absolute Gasteiger partial charge is 0.247 e. The van der Waals surface area contributed by atoms with Crippen LogP contribution < -0.4 is 10.2 Å². The number of nitrogens with one attached hydrogen (secondary N) is 1. The largest absolute Gasteiger partial charge is 0.311 e. The Morgan fingerprint density at radius 1 is 1.37 bits per heavy atom. The monoisotopic (exact) mass is 260 g/mol. The SMILES string of the molecule is CCN(C(=O)C1(CC)CCCN1)c1ccccc1C. The second-order valence-corrected chi connectivity index (χ2v) is 5.30. The molecule has 104 valence electrons. The zero-order valence-electron chi connectivity index (χ0n) is 12.2. The molecule has 1 heterocycles. The Balaban J connectivity index is 2.32. The van der Waals surface area contributed by atoms with Crippen LogP contribution in [-0.2, 0) is 4.79 Å². The number of anilines is 1. The topological polar surface area (TPSA) is 32.3 Å². The van der Waals surface area contributed by atoms with Gasteiger partial charge >= 0.3 is 0 Å². The first-order chi connectivity index (χ1) is 9.14. The van der Waals surface area contributed by atoms with Gasteiger partial charge in [-0.05, 0) is 51.3 Å². The average molecular weight is 260 g/mol. The van der Waals surface area contributed by atoms with E-state index >= 15 is 0 Å². The summed E-state index contributed by atoms with van der Waals surface area (Å²) in [7, 11) is 0. The Morgan fingerprint density at radius 2 is 2.11 bits per heavy atom. The lowest BCUT2D eigenvalue weighted by molar-refractivity contribution is -0.124. The van der Waals surface area contributed by atoms with E-state index in [0.29, 0.717) is 6.54 Å². The van der Waals surface area contributed by atoms with E-state index < -0.39 is 0 Å². The highest BCUT2D eigenvalue weighted by molar-refractivity contribution is 6.01. The van der Waals surface area contributed by atoms with Crippen LogP contribution in [0.1, 0.15) is 38.7 Å². The molecule has 0 aliphatic carbocycles. The van der Waals surface area contributed by atoms with Crippen LogP contribution in [0.25, 0.3) is 0 Å². The maximum absolute atomic E-state index is 12.9. The molecule has 0 bridgehead atoms. The first-order valence-corrected chi connectivity index (χ1v) is 7.27. The molecule has 2 rings (SSSR count). The molecule has 1 atom stereocenters. The second-order valence-electron chi connectivity index (χ2n) is 5.30. The molecule has 1 aromatic carbocycles. The predicted octanol–water partition coefficient (Wildman–Crippen LogP) is 2.88. The molecule has 0 radical (unpaired) electrons. The van der Waals surface area contributed by atoms with Gasteiger partial charge in [0.25, 0.3) is 0 Å². The van der Waals surface area contributed by atoms with Gasteiger partial charge in [0.1, 0.15) is 0 Å². The number of aryl methyl sites for hydroxylation is 1. The van der Waals surface area contributed by atoms with Crippen molar-refractivity contribution in [1.29, 1.82) is 0 Å². The lowest BCUT2D eigenvalue weighted by Gasteiger charge is -2.34. The Bertz CT molecular complexity index is 450. The lowest BCUT2D eigenvalue weighted by Crippen LogP contribution is -2.55. The van der Waals surface area contributed by atoms with Gasteiger partial charge in [-0.25, -0.2) is 0 Å². The summed E-state index contributed by atoms with van der Waals surface area (Å²) in [5.41, 5.74) is 1.84. The summed E-state index contributed by atoms with van der Waals surface area (Å²) in [6, 6.07) is 8.11. The van der Waals surface area contributed by atoms with Gasteiger partial charge in [0, 0.05) is 12.2 Å². The highest BCUT2D eigenvalue weighted by Crippen LogP contribution is 2.29. The first kappa shape index (κ1) is 14.1.